The van der Waals surface area contributed by atoms with E-state index in [-0.39, 0.29) is 0 Å². The maximum Gasteiger partial charge on any atom is 0.216 e. The molecule has 1 aliphatic rings. The predicted octanol–water partition coefficient (Wildman–Crippen LogP) is 2.95. The maximum absolute atomic E-state index is 5.34. The fourth-order valence-corrected chi connectivity index (χ4v) is 4.17. The van der Waals surface area contributed by atoms with Crippen molar-refractivity contribution < 1.29 is 4.42 Å². The van der Waals surface area contributed by atoms with Gasteiger partial charge in [0, 0.05) is 52.2 Å². The maximum atomic E-state index is 5.34. The van der Waals surface area contributed by atoms with E-state index >= 15 is 0 Å². The number of hydrogen-bond donors (Lipinski definition) is 2. The molecule has 1 unspecified atom stereocenters. The molecule has 1 aliphatic heterocycles. The van der Waals surface area contributed by atoms with Gasteiger partial charge >= 0.3 is 0 Å². The lowest BCUT2D eigenvalue weighted by Crippen LogP contribution is -2.53. The van der Waals surface area contributed by atoms with Gasteiger partial charge < -0.3 is 14.6 Å². The highest BCUT2D eigenvalue weighted by molar-refractivity contribution is 5.80. The highest BCUT2D eigenvalue weighted by atomic mass is 16.3. The third-order valence-electron chi connectivity index (χ3n) is 5.76. The van der Waals surface area contributed by atoms with Crippen LogP contribution >= 0.6 is 0 Å². The smallest absolute Gasteiger partial charge is 0.216 e. The number of aliphatic imine (C=N–C) groups is 1. The molecule has 1 atom stereocenters. The van der Waals surface area contributed by atoms with Crippen molar-refractivity contribution >= 4 is 5.96 Å². The highest BCUT2D eigenvalue weighted by Crippen LogP contribution is 2.25. The van der Waals surface area contributed by atoms with Crippen LogP contribution in [-0.2, 0) is 6.42 Å². The van der Waals surface area contributed by atoms with E-state index < -0.39 is 0 Å². The first kappa shape index (κ1) is 21.1. The van der Waals surface area contributed by atoms with Gasteiger partial charge in [0.2, 0.25) is 5.82 Å². The van der Waals surface area contributed by atoms with Gasteiger partial charge in [-0.3, -0.25) is 15.0 Å². The Hall–Kier alpha value is -3.13. The lowest BCUT2D eigenvalue weighted by atomic mass is 10.0. The van der Waals surface area contributed by atoms with Crippen molar-refractivity contribution in [3.05, 3.63) is 60.1 Å². The Balaban J connectivity index is 1.26. The molecule has 0 bridgehead atoms. The van der Waals surface area contributed by atoms with E-state index in [1.807, 2.05) is 19.2 Å². The van der Waals surface area contributed by atoms with Crippen LogP contribution in [0.2, 0.25) is 0 Å². The molecule has 4 rings (SSSR count). The highest BCUT2D eigenvalue weighted by Gasteiger charge is 2.25. The number of rotatable bonds is 7. The Bertz CT molecular complexity index is 943. The average Bonchev–Trinajstić information content (AvgIpc) is 3.51. The van der Waals surface area contributed by atoms with Gasteiger partial charge in [0.05, 0.1) is 6.26 Å². The molecular formula is C23H31N7O. The first-order valence-corrected chi connectivity index (χ1v) is 11.0. The van der Waals surface area contributed by atoms with Crippen molar-refractivity contribution in [3.63, 3.8) is 0 Å². The van der Waals surface area contributed by atoms with Crippen LogP contribution in [0, 0.1) is 0 Å². The molecule has 8 nitrogen and oxygen atoms in total. The second-order valence-corrected chi connectivity index (χ2v) is 7.66. The standard InChI is InChI=1S/C23H31N7O/c1-3-19(18-8-5-4-6-9-18)29-13-15-30(16-14-29)23(24-2)25-12-11-21-26-22(28-27-21)20-10-7-17-31-20/h4-10,17,19H,3,11-16H2,1-2H3,(H,24,25)(H,26,27,28). The van der Waals surface area contributed by atoms with Crippen LogP contribution < -0.4 is 5.32 Å². The molecule has 0 saturated carbocycles. The van der Waals surface area contributed by atoms with Crippen molar-refractivity contribution in [1.29, 1.82) is 0 Å². The van der Waals surface area contributed by atoms with E-state index in [1.165, 1.54) is 5.56 Å². The van der Waals surface area contributed by atoms with Crippen LogP contribution in [-0.4, -0.2) is 70.7 Å². The van der Waals surface area contributed by atoms with E-state index in [0.29, 0.717) is 17.6 Å². The number of guanidine groups is 1. The van der Waals surface area contributed by atoms with Gasteiger partial charge in [-0.25, -0.2) is 4.98 Å². The van der Waals surface area contributed by atoms with Gasteiger partial charge in [-0.2, -0.15) is 5.10 Å². The number of benzene rings is 1. The van der Waals surface area contributed by atoms with E-state index in [0.717, 1.165) is 57.3 Å². The summed E-state index contributed by atoms with van der Waals surface area (Å²) in [5.41, 5.74) is 1.40. The minimum atomic E-state index is 0.480. The first-order chi connectivity index (χ1) is 15.3. The van der Waals surface area contributed by atoms with Crippen LogP contribution in [0.3, 0.4) is 0 Å². The summed E-state index contributed by atoms with van der Waals surface area (Å²) < 4.78 is 5.34. The Morgan fingerprint density at radius 2 is 1.97 bits per heavy atom. The van der Waals surface area contributed by atoms with Gasteiger partial charge in [-0.1, -0.05) is 37.3 Å². The number of hydrogen-bond acceptors (Lipinski definition) is 5. The number of furan rings is 1. The number of aromatic amines is 1. The van der Waals surface area contributed by atoms with Gasteiger partial charge in [0.1, 0.15) is 5.82 Å². The number of nitrogens with zero attached hydrogens (tertiary/aromatic N) is 5. The molecule has 0 aliphatic carbocycles. The van der Waals surface area contributed by atoms with Gasteiger partial charge in [-0.05, 0) is 24.1 Å². The van der Waals surface area contributed by atoms with E-state index in [1.54, 1.807) is 6.26 Å². The monoisotopic (exact) mass is 421 g/mol. The summed E-state index contributed by atoms with van der Waals surface area (Å²) in [4.78, 5) is 13.9. The quantitative estimate of drug-likeness (QED) is 0.451. The summed E-state index contributed by atoms with van der Waals surface area (Å²) in [7, 11) is 1.84. The second-order valence-electron chi connectivity index (χ2n) is 7.66. The molecule has 1 saturated heterocycles. The van der Waals surface area contributed by atoms with Crippen molar-refractivity contribution in [2.75, 3.05) is 39.8 Å². The van der Waals surface area contributed by atoms with Crippen LogP contribution in [0.4, 0.5) is 0 Å². The molecule has 3 heterocycles. The Kier molecular flexibility index (Phi) is 6.99. The molecule has 0 spiro atoms. The fourth-order valence-electron chi connectivity index (χ4n) is 4.17. The summed E-state index contributed by atoms with van der Waals surface area (Å²) in [6, 6.07) is 15.0. The zero-order chi connectivity index (χ0) is 21.5. The molecule has 8 heteroatoms. The molecule has 1 fully saturated rings. The van der Waals surface area contributed by atoms with Gasteiger partial charge in [0.25, 0.3) is 0 Å². The lowest BCUT2D eigenvalue weighted by Gasteiger charge is -2.40. The first-order valence-electron chi connectivity index (χ1n) is 11.0. The summed E-state index contributed by atoms with van der Waals surface area (Å²) in [6.07, 6.45) is 3.48. The molecule has 31 heavy (non-hydrogen) atoms. The Labute approximate surface area is 183 Å². The van der Waals surface area contributed by atoms with Gasteiger partial charge in [-0.15, -0.1) is 0 Å². The number of aromatic nitrogens is 3. The van der Waals surface area contributed by atoms with Crippen LogP contribution in [0.15, 0.2) is 58.1 Å². The fraction of sp³-hybridized carbons (Fsp3) is 0.435. The lowest BCUT2D eigenvalue weighted by molar-refractivity contribution is 0.127. The summed E-state index contributed by atoms with van der Waals surface area (Å²) >= 11 is 0. The molecule has 2 N–H and O–H groups in total. The topological polar surface area (TPSA) is 85.6 Å². The molecule has 3 aromatic rings. The SMILES string of the molecule is CCC(c1ccccc1)N1CCN(C(=NC)NCCc2nc(-c3ccco3)n[nH]2)CC1. The third kappa shape index (κ3) is 5.14. The van der Waals surface area contributed by atoms with Crippen LogP contribution in [0.25, 0.3) is 11.6 Å². The molecule has 1 aromatic carbocycles. The summed E-state index contributed by atoms with van der Waals surface area (Å²) in [6.45, 7) is 7.00. The number of piperazine rings is 1. The number of nitrogens with one attached hydrogen (secondary N) is 2. The van der Waals surface area contributed by atoms with Crippen molar-refractivity contribution in [3.8, 4) is 11.6 Å². The van der Waals surface area contributed by atoms with E-state index in [9.17, 15) is 0 Å². The molecule has 164 valence electrons. The summed E-state index contributed by atoms with van der Waals surface area (Å²) in [5.74, 6) is 3.03. The normalized spacial score (nSPS) is 16.5. The molecule has 2 aromatic heterocycles. The second kappa shape index (κ2) is 10.3. The van der Waals surface area contributed by atoms with Crippen LogP contribution in [0.1, 0.15) is 30.8 Å². The summed E-state index contributed by atoms with van der Waals surface area (Å²) in [5, 5.41) is 10.7. The Morgan fingerprint density at radius 1 is 1.16 bits per heavy atom. The van der Waals surface area contributed by atoms with Crippen molar-refractivity contribution in [1.82, 2.24) is 30.3 Å². The minimum absolute atomic E-state index is 0.480. The Morgan fingerprint density at radius 3 is 2.65 bits per heavy atom. The predicted molar refractivity (Wildman–Crippen MR) is 122 cm³/mol. The van der Waals surface area contributed by atoms with Crippen molar-refractivity contribution in [2.45, 2.75) is 25.8 Å². The largest absolute Gasteiger partial charge is 0.461 e. The molecule has 0 amide bonds. The van der Waals surface area contributed by atoms with E-state index in [4.69, 9.17) is 4.42 Å². The number of H-pyrrole nitrogens is 1. The third-order valence-corrected chi connectivity index (χ3v) is 5.76. The molecule has 0 radical (unpaired) electrons. The van der Waals surface area contributed by atoms with Crippen molar-refractivity contribution in [2.24, 2.45) is 4.99 Å². The van der Waals surface area contributed by atoms with E-state index in [2.05, 4.69) is 72.5 Å². The minimum Gasteiger partial charge on any atom is -0.461 e. The average molecular weight is 422 g/mol. The zero-order valence-corrected chi connectivity index (χ0v) is 18.3. The van der Waals surface area contributed by atoms with Crippen LogP contribution in [0.5, 0.6) is 0 Å². The molecular weight excluding hydrogens is 390 g/mol. The van der Waals surface area contributed by atoms with Gasteiger partial charge in [0.15, 0.2) is 11.7 Å². The zero-order valence-electron chi connectivity index (χ0n) is 18.3.